The van der Waals surface area contributed by atoms with Crippen LogP contribution >= 0.6 is 22.6 Å². The molecule has 31 heavy (non-hydrogen) atoms. The fourth-order valence-corrected chi connectivity index (χ4v) is 5.09. The summed E-state index contributed by atoms with van der Waals surface area (Å²) in [5.74, 6) is -0.313. The van der Waals surface area contributed by atoms with Crippen molar-refractivity contribution in [3.8, 4) is 11.1 Å². The number of hydrogen-bond acceptors (Lipinski definition) is 2. The van der Waals surface area contributed by atoms with Gasteiger partial charge in [-0.15, -0.1) is 0 Å². The van der Waals surface area contributed by atoms with Crippen LogP contribution in [0.4, 0.5) is 0 Å². The Hall–Kier alpha value is -3.18. The molecule has 0 heterocycles. The quantitative estimate of drug-likeness (QED) is 0.140. The summed E-state index contributed by atoms with van der Waals surface area (Å²) in [4.78, 5) is 13.1. The minimum Gasteiger partial charge on any atom is -0.457 e. The van der Waals surface area contributed by atoms with Crippen molar-refractivity contribution in [2.75, 3.05) is 0 Å². The van der Waals surface area contributed by atoms with E-state index in [-0.39, 0.29) is 12.6 Å². The van der Waals surface area contributed by atoms with Gasteiger partial charge in [0.15, 0.2) is 0 Å². The first-order chi connectivity index (χ1) is 15.2. The van der Waals surface area contributed by atoms with Crippen molar-refractivity contribution < 1.29 is 9.53 Å². The summed E-state index contributed by atoms with van der Waals surface area (Å²) in [5.41, 5.74) is 3.52. The lowest BCUT2D eigenvalue weighted by Crippen LogP contribution is -2.07. The molecule has 0 aliphatic heterocycles. The van der Waals surface area contributed by atoms with Gasteiger partial charge in [0, 0.05) is 9.13 Å². The maximum Gasteiger partial charge on any atom is 0.339 e. The van der Waals surface area contributed by atoms with Crippen LogP contribution in [0.5, 0.6) is 0 Å². The predicted molar refractivity (Wildman–Crippen MR) is 135 cm³/mol. The Balaban J connectivity index is 1.66. The van der Waals surface area contributed by atoms with E-state index in [9.17, 15) is 4.79 Å². The molecule has 5 rings (SSSR count). The normalized spacial score (nSPS) is 11.0. The van der Waals surface area contributed by atoms with Crippen LogP contribution in [-0.4, -0.2) is 5.97 Å². The molecule has 0 saturated heterocycles. The second-order valence-electron chi connectivity index (χ2n) is 7.39. The predicted octanol–water partition coefficient (Wildman–Crippen LogP) is 7.62. The molecule has 0 radical (unpaired) electrons. The van der Waals surface area contributed by atoms with E-state index in [0.29, 0.717) is 5.56 Å². The Morgan fingerprint density at radius 3 is 1.94 bits per heavy atom. The van der Waals surface area contributed by atoms with Gasteiger partial charge in [-0.05, 0) is 61.3 Å². The molecule has 0 aromatic heterocycles. The molecule has 150 valence electrons. The molecule has 0 amide bonds. The number of carbonyl (C=O) groups is 1. The Morgan fingerprint density at radius 2 is 1.19 bits per heavy atom. The fourth-order valence-electron chi connectivity index (χ4n) is 4.04. The highest BCUT2D eigenvalue weighted by atomic mass is 127. The van der Waals surface area contributed by atoms with Crippen LogP contribution in [0.1, 0.15) is 15.9 Å². The van der Waals surface area contributed by atoms with Gasteiger partial charge >= 0.3 is 5.97 Å². The molecule has 0 atom stereocenters. The van der Waals surface area contributed by atoms with Crippen LogP contribution in [0.15, 0.2) is 103 Å². The zero-order chi connectivity index (χ0) is 21.2. The molecule has 0 unspecified atom stereocenters. The fraction of sp³-hybridized carbons (Fsp3) is 0.0357. The standard InChI is InChI=1S/C28H19IO2/c29-27-24-16-8-5-13-21(24)20-12-4-6-14-22(20)26(27)23-15-7-9-17-25(23)28(30)31-18-19-10-2-1-3-11-19/h1-17H,18H2. The van der Waals surface area contributed by atoms with Crippen molar-refractivity contribution in [1.82, 2.24) is 0 Å². The minimum absolute atomic E-state index is 0.254. The molecular formula is C28H19IO2. The molecule has 0 N–H and O–H groups in total. The monoisotopic (exact) mass is 514 g/mol. The average molecular weight is 514 g/mol. The summed E-state index contributed by atoms with van der Waals surface area (Å²) in [7, 11) is 0. The molecular weight excluding hydrogens is 495 g/mol. The van der Waals surface area contributed by atoms with Gasteiger partial charge in [0.1, 0.15) is 6.61 Å². The molecule has 0 aliphatic rings. The van der Waals surface area contributed by atoms with E-state index in [2.05, 4.69) is 65.1 Å². The summed E-state index contributed by atoms with van der Waals surface area (Å²) in [6, 6.07) is 34.3. The number of benzene rings is 5. The van der Waals surface area contributed by atoms with Gasteiger partial charge < -0.3 is 4.74 Å². The Labute approximate surface area is 194 Å². The van der Waals surface area contributed by atoms with E-state index in [4.69, 9.17) is 4.74 Å². The molecule has 5 aromatic carbocycles. The highest BCUT2D eigenvalue weighted by molar-refractivity contribution is 14.1. The van der Waals surface area contributed by atoms with Gasteiger partial charge in [-0.3, -0.25) is 0 Å². The SMILES string of the molecule is O=C(OCc1ccccc1)c1ccccc1-c1c(I)c2ccccc2c2ccccc12. The number of hydrogen-bond donors (Lipinski definition) is 0. The van der Waals surface area contributed by atoms with Crippen LogP contribution in [-0.2, 0) is 11.3 Å². The van der Waals surface area contributed by atoms with Gasteiger partial charge in [0.05, 0.1) is 5.56 Å². The van der Waals surface area contributed by atoms with Gasteiger partial charge in [-0.2, -0.15) is 0 Å². The topological polar surface area (TPSA) is 26.3 Å². The summed E-state index contributed by atoms with van der Waals surface area (Å²) < 4.78 is 6.81. The molecule has 0 saturated carbocycles. The van der Waals surface area contributed by atoms with Crippen LogP contribution in [0, 0.1) is 3.57 Å². The highest BCUT2D eigenvalue weighted by Gasteiger charge is 2.20. The summed E-state index contributed by atoms with van der Waals surface area (Å²) in [6.07, 6.45) is 0. The number of ether oxygens (including phenoxy) is 1. The lowest BCUT2D eigenvalue weighted by atomic mass is 9.91. The number of fused-ring (bicyclic) bond motifs is 3. The van der Waals surface area contributed by atoms with Crippen molar-refractivity contribution in [2.24, 2.45) is 0 Å². The van der Waals surface area contributed by atoms with Crippen LogP contribution in [0.2, 0.25) is 0 Å². The second-order valence-corrected chi connectivity index (χ2v) is 8.47. The van der Waals surface area contributed by atoms with Gasteiger partial charge in [-0.1, -0.05) is 97.1 Å². The van der Waals surface area contributed by atoms with Crippen LogP contribution < -0.4 is 0 Å². The third-order valence-electron chi connectivity index (χ3n) is 5.50. The first-order valence-corrected chi connectivity index (χ1v) is 11.2. The van der Waals surface area contributed by atoms with Gasteiger partial charge in [-0.25, -0.2) is 4.79 Å². The van der Waals surface area contributed by atoms with Crippen molar-refractivity contribution in [2.45, 2.75) is 6.61 Å². The smallest absolute Gasteiger partial charge is 0.339 e. The molecule has 0 aliphatic carbocycles. The van der Waals surface area contributed by atoms with E-state index in [1.165, 1.54) is 16.2 Å². The van der Waals surface area contributed by atoms with Crippen molar-refractivity contribution in [1.29, 1.82) is 0 Å². The van der Waals surface area contributed by atoms with E-state index in [1.54, 1.807) is 0 Å². The Kier molecular flexibility index (Phi) is 5.43. The van der Waals surface area contributed by atoms with Gasteiger partial charge in [0.2, 0.25) is 0 Å². The molecule has 0 spiro atoms. The lowest BCUT2D eigenvalue weighted by molar-refractivity contribution is 0.0473. The summed E-state index contributed by atoms with van der Waals surface area (Å²) in [6.45, 7) is 0.254. The first kappa shape index (κ1) is 19.8. The Bertz CT molecular complexity index is 1410. The van der Waals surface area contributed by atoms with Crippen LogP contribution in [0.3, 0.4) is 0 Å². The molecule has 3 heteroatoms. The third kappa shape index (κ3) is 3.70. The lowest BCUT2D eigenvalue weighted by Gasteiger charge is -2.16. The Morgan fingerprint density at radius 1 is 0.645 bits per heavy atom. The van der Waals surface area contributed by atoms with Gasteiger partial charge in [0.25, 0.3) is 0 Å². The number of halogens is 1. The molecule has 5 aromatic rings. The van der Waals surface area contributed by atoms with Crippen molar-refractivity contribution in [3.05, 3.63) is 118 Å². The summed E-state index contributed by atoms with van der Waals surface area (Å²) in [5, 5.41) is 4.72. The summed E-state index contributed by atoms with van der Waals surface area (Å²) >= 11 is 2.41. The van der Waals surface area contributed by atoms with E-state index >= 15 is 0 Å². The zero-order valence-electron chi connectivity index (χ0n) is 16.7. The molecule has 2 nitrogen and oxygen atoms in total. The maximum atomic E-state index is 13.1. The number of esters is 1. The highest BCUT2D eigenvalue weighted by Crippen LogP contribution is 2.40. The average Bonchev–Trinajstić information content (AvgIpc) is 2.84. The first-order valence-electron chi connectivity index (χ1n) is 10.1. The van der Waals surface area contributed by atoms with Crippen molar-refractivity contribution >= 4 is 50.1 Å². The molecule has 0 fully saturated rings. The number of rotatable bonds is 4. The van der Waals surface area contributed by atoms with E-state index < -0.39 is 0 Å². The second kappa shape index (κ2) is 8.52. The number of carbonyl (C=O) groups excluding carboxylic acids is 1. The molecule has 0 bridgehead atoms. The minimum atomic E-state index is -0.313. The third-order valence-corrected chi connectivity index (χ3v) is 6.62. The van der Waals surface area contributed by atoms with E-state index in [0.717, 1.165) is 25.6 Å². The van der Waals surface area contributed by atoms with Crippen molar-refractivity contribution in [3.63, 3.8) is 0 Å². The van der Waals surface area contributed by atoms with E-state index in [1.807, 2.05) is 60.7 Å². The maximum absolute atomic E-state index is 13.1. The largest absolute Gasteiger partial charge is 0.457 e. The zero-order valence-corrected chi connectivity index (χ0v) is 18.9. The van der Waals surface area contributed by atoms with Crippen LogP contribution in [0.25, 0.3) is 32.7 Å².